The smallest absolute Gasteiger partial charge is 0.372 e. The summed E-state index contributed by atoms with van der Waals surface area (Å²) in [7, 11) is 0. The van der Waals surface area contributed by atoms with Crippen LogP contribution in [0.2, 0.25) is 0 Å². The highest BCUT2D eigenvalue weighted by Crippen LogP contribution is 2.16. The number of aryl methyl sites for hydroxylation is 2. The first kappa shape index (κ1) is 16.7. The number of benzene rings is 1. The fourth-order valence-electron chi connectivity index (χ4n) is 1.97. The van der Waals surface area contributed by atoms with Crippen LogP contribution in [-0.4, -0.2) is 25.2 Å². The first-order valence-electron chi connectivity index (χ1n) is 6.66. The van der Waals surface area contributed by atoms with Crippen molar-refractivity contribution in [2.24, 2.45) is 0 Å². The zero-order valence-corrected chi connectivity index (χ0v) is 11.7. The maximum absolute atomic E-state index is 11.9. The van der Waals surface area contributed by atoms with Crippen molar-refractivity contribution in [3.8, 4) is 0 Å². The number of carbonyl (C=O) groups excluding carboxylic acids is 1. The van der Waals surface area contributed by atoms with E-state index in [9.17, 15) is 18.0 Å². The van der Waals surface area contributed by atoms with Crippen LogP contribution in [0, 0.1) is 0 Å². The molecule has 0 unspecified atom stereocenters. The fourth-order valence-corrected chi connectivity index (χ4v) is 1.97. The second-order valence-electron chi connectivity index (χ2n) is 4.53. The number of hydrogen-bond acceptors (Lipinski definition) is 2. The average Bonchev–Trinajstić information content (AvgIpc) is 2.41. The molecule has 1 rings (SSSR count). The van der Waals surface area contributed by atoms with E-state index in [1.54, 1.807) is 6.07 Å². The molecule has 0 spiro atoms. The minimum atomic E-state index is -4.35. The molecule has 0 radical (unpaired) electrons. The molecule has 0 N–H and O–H groups in total. The third kappa shape index (κ3) is 5.33. The normalized spacial score (nSPS) is 11.7. The quantitative estimate of drug-likeness (QED) is 0.560. The van der Waals surface area contributed by atoms with Crippen molar-refractivity contribution in [2.75, 3.05) is 13.2 Å². The Hall–Kier alpha value is -1.36. The Morgan fingerprint density at radius 3 is 2.35 bits per heavy atom. The van der Waals surface area contributed by atoms with Crippen LogP contribution in [-0.2, 0) is 17.6 Å². The van der Waals surface area contributed by atoms with Gasteiger partial charge >= 0.3 is 6.18 Å². The summed E-state index contributed by atoms with van der Waals surface area (Å²) in [6.45, 7) is 2.53. The van der Waals surface area contributed by atoms with Gasteiger partial charge in [-0.05, 0) is 30.0 Å². The van der Waals surface area contributed by atoms with Crippen LogP contribution < -0.4 is 0 Å². The number of rotatable bonds is 7. The number of Topliss-reactive ketones (excluding diaryl/α,β-unsaturated/α-hetero) is 1. The average molecular weight is 288 g/mol. The Bertz CT molecular complexity index is 453. The molecule has 1 aromatic rings. The number of ketones is 1. The molecule has 1 aromatic carbocycles. The van der Waals surface area contributed by atoms with Crippen LogP contribution in [0.25, 0.3) is 0 Å². The molecule has 0 saturated carbocycles. The first-order valence-corrected chi connectivity index (χ1v) is 6.66. The highest BCUT2D eigenvalue weighted by atomic mass is 19.4. The standard InChI is InChI=1S/C15H19F3O2/c1-3-11-5-6-13(9-12(11)4-2)14(19)7-8-20-10-15(16,17)18/h5-6,9H,3-4,7-8,10H2,1-2H3. The van der Waals surface area contributed by atoms with Gasteiger partial charge in [-0.3, -0.25) is 4.79 Å². The molecule has 5 heteroatoms. The Balaban J connectivity index is 2.55. The topological polar surface area (TPSA) is 26.3 Å². The van der Waals surface area contributed by atoms with E-state index in [-0.39, 0.29) is 18.8 Å². The third-order valence-electron chi connectivity index (χ3n) is 3.03. The van der Waals surface area contributed by atoms with E-state index in [0.29, 0.717) is 5.56 Å². The summed E-state index contributed by atoms with van der Waals surface area (Å²) in [5, 5.41) is 0. The summed E-state index contributed by atoms with van der Waals surface area (Å²) in [6, 6.07) is 5.46. The van der Waals surface area contributed by atoms with Gasteiger partial charge in [0.05, 0.1) is 6.61 Å². The molecule has 0 aliphatic carbocycles. The minimum Gasteiger partial charge on any atom is -0.372 e. The van der Waals surface area contributed by atoms with Gasteiger partial charge in [0.2, 0.25) is 0 Å². The lowest BCUT2D eigenvalue weighted by atomic mass is 9.97. The van der Waals surface area contributed by atoms with Crippen molar-refractivity contribution in [3.05, 3.63) is 34.9 Å². The maximum atomic E-state index is 11.9. The molecular formula is C15H19F3O2. The van der Waals surface area contributed by atoms with E-state index in [2.05, 4.69) is 4.74 Å². The molecule has 0 aliphatic heterocycles. The lowest BCUT2D eigenvalue weighted by molar-refractivity contribution is -0.173. The highest BCUT2D eigenvalue weighted by molar-refractivity contribution is 5.96. The Labute approximate surface area is 116 Å². The summed E-state index contributed by atoms with van der Waals surface area (Å²) in [5.41, 5.74) is 2.83. The number of carbonyl (C=O) groups is 1. The predicted molar refractivity (Wildman–Crippen MR) is 71.0 cm³/mol. The molecule has 20 heavy (non-hydrogen) atoms. The van der Waals surface area contributed by atoms with Crippen LogP contribution in [0.4, 0.5) is 13.2 Å². The van der Waals surface area contributed by atoms with E-state index in [0.717, 1.165) is 18.4 Å². The zero-order valence-electron chi connectivity index (χ0n) is 11.7. The fraction of sp³-hybridized carbons (Fsp3) is 0.533. The molecule has 0 amide bonds. The van der Waals surface area contributed by atoms with Gasteiger partial charge in [-0.25, -0.2) is 0 Å². The highest BCUT2D eigenvalue weighted by Gasteiger charge is 2.27. The summed E-state index contributed by atoms with van der Waals surface area (Å²) >= 11 is 0. The summed E-state index contributed by atoms with van der Waals surface area (Å²) < 4.78 is 40.1. The summed E-state index contributed by atoms with van der Waals surface area (Å²) in [6.07, 6.45) is -2.66. The number of hydrogen-bond donors (Lipinski definition) is 0. The van der Waals surface area contributed by atoms with E-state index in [4.69, 9.17) is 0 Å². The molecular weight excluding hydrogens is 269 g/mol. The number of halogens is 3. The van der Waals surface area contributed by atoms with E-state index in [1.165, 1.54) is 5.56 Å². The number of alkyl halides is 3. The van der Waals surface area contributed by atoms with Crippen LogP contribution >= 0.6 is 0 Å². The minimum absolute atomic E-state index is 0.0370. The molecule has 0 heterocycles. The zero-order chi connectivity index (χ0) is 15.2. The van der Waals surface area contributed by atoms with Gasteiger partial charge in [0.1, 0.15) is 6.61 Å². The predicted octanol–water partition coefficient (Wildman–Crippen LogP) is 3.96. The largest absolute Gasteiger partial charge is 0.411 e. The van der Waals surface area contributed by atoms with Crippen LogP contribution in [0.5, 0.6) is 0 Å². The summed E-state index contributed by atoms with van der Waals surface area (Å²) in [4.78, 5) is 11.9. The molecule has 0 atom stereocenters. The van der Waals surface area contributed by atoms with Crippen LogP contribution in [0.3, 0.4) is 0 Å². The second kappa shape index (κ2) is 7.43. The first-order chi connectivity index (χ1) is 9.37. The summed E-state index contributed by atoms with van der Waals surface area (Å²) in [5.74, 6) is -0.190. The second-order valence-corrected chi connectivity index (χ2v) is 4.53. The van der Waals surface area contributed by atoms with Crippen molar-refractivity contribution in [2.45, 2.75) is 39.3 Å². The molecule has 0 saturated heterocycles. The Morgan fingerprint density at radius 2 is 1.80 bits per heavy atom. The van der Waals surface area contributed by atoms with Crippen LogP contribution in [0.15, 0.2) is 18.2 Å². The molecule has 0 bridgehead atoms. The van der Waals surface area contributed by atoms with Gasteiger partial charge in [-0.2, -0.15) is 13.2 Å². The lowest BCUT2D eigenvalue weighted by Gasteiger charge is -2.09. The van der Waals surface area contributed by atoms with Gasteiger partial charge < -0.3 is 4.74 Å². The van der Waals surface area contributed by atoms with Crippen molar-refractivity contribution >= 4 is 5.78 Å². The molecule has 112 valence electrons. The SMILES string of the molecule is CCc1ccc(C(=O)CCOCC(F)(F)F)cc1CC. The maximum Gasteiger partial charge on any atom is 0.411 e. The van der Waals surface area contributed by atoms with Crippen molar-refractivity contribution in [3.63, 3.8) is 0 Å². The van der Waals surface area contributed by atoms with Gasteiger partial charge in [0.15, 0.2) is 5.78 Å². The van der Waals surface area contributed by atoms with Crippen LogP contribution in [0.1, 0.15) is 41.8 Å². The Morgan fingerprint density at radius 1 is 1.15 bits per heavy atom. The van der Waals surface area contributed by atoms with E-state index < -0.39 is 12.8 Å². The van der Waals surface area contributed by atoms with Gasteiger partial charge in [-0.1, -0.05) is 26.0 Å². The molecule has 0 aromatic heterocycles. The Kier molecular flexibility index (Phi) is 6.20. The monoisotopic (exact) mass is 288 g/mol. The van der Waals surface area contributed by atoms with Gasteiger partial charge in [0.25, 0.3) is 0 Å². The van der Waals surface area contributed by atoms with Crippen molar-refractivity contribution in [1.82, 2.24) is 0 Å². The number of ether oxygens (including phenoxy) is 1. The van der Waals surface area contributed by atoms with E-state index in [1.807, 2.05) is 26.0 Å². The molecule has 2 nitrogen and oxygen atoms in total. The molecule has 0 aliphatic rings. The van der Waals surface area contributed by atoms with Gasteiger partial charge in [0, 0.05) is 12.0 Å². The van der Waals surface area contributed by atoms with Gasteiger partial charge in [-0.15, -0.1) is 0 Å². The molecule has 0 fully saturated rings. The van der Waals surface area contributed by atoms with Crippen molar-refractivity contribution in [1.29, 1.82) is 0 Å². The lowest BCUT2D eigenvalue weighted by Crippen LogP contribution is -2.18. The third-order valence-corrected chi connectivity index (χ3v) is 3.03. The van der Waals surface area contributed by atoms with E-state index >= 15 is 0 Å². The van der Waals surface area contributed by atoms with Crippen molar-refractivity contribution < 1.29 is 22.7 Å².